The van der Waals surface area contributed by atoms with Gasteiger partial charge in [-0.3, -0.25) is 0 Å². The van der Waals surface area contributed by atoms with Crippen molar-refractivity contribution in [3.8, 4) is 0 Å². The van der Waals surface area contributed by atoms with Gasteiger partial charge in [-0.15, -0.1) is 0 Å². The minimum absolute atomic E-state index is 0.00292. The first-order valence-electron chi connectivity index (χ1n) is 18.8. The second kappa shape index (κ2) is 17.6. The fourth-order valence-electron chi connectivity index (χ4n) is 8.12. The molecule has 268 valence electrons. The van der Waals surface area contributed by atoms with Crippen LogP contribution in [0.5, 0.6) is 0 Å². The van der Waals surface area contributed by atoms with E-state index in [0.29, 0.717) is 12.7 Å². The van der Waals surface area contributed by atoms with E-state index >= 15 is 0 Å². The molecule has 3 atom stereocenters. The molecule has 0 saturated carbocycles. The summed E-state index contributed by atoms with van der Waals surface area (Å²) in [7, 11) is -5.09. The summed E-state index contributed by atoms with van der Waals surface area (Å²) in [6, 6.07) is 44.0. The van der Waals surface area contributed by atoms with Crippen LogP contribution in [0.2, 0.25) is 10.1 Å². The number of benzene rings is 4. The van der Waals surface area contributed by atoms with Crippen LogP contribution in [-0.4, -0.2) is 46.0 Å². The van der Waals surface area contributed by atoms with Crippen LogP contribution in [0.4, 0.5) is 0 Å². The fourth-order valence-corrected chi connectivity index (χ4v) is 18.4. The number of hydrogen-bond acceptors (Lipinski definition) is 3. The third-order valence-electron chi connectivity index (χ3n) is 10.6. The molecule has 0 aromatic heterocycles. The van der Waals surface area contributed by atoms with E-state index < -0.39 is 16.6 Å². The summed E-state index contributed by atoms with van der Waals surface area (Å²) in [5.74, 6) is 0. The van der Waals surface area contributed by atoms with Gasteiger partial charge in [-0.05, 0) is 56.5 Å². The van der Waals surface area contributed by atoms with Crippen LogP contribution in [0.15, 0.2) is 121 Å². The smallest absolute Gasteiger partial charge is 0.261 e. The highest BCUT2D eigenvalue weighted by Gasteiger charge is 2.52. The average Bonchev–Trinajstić information content (AvgIpc) is 3.58. The molecular formula is C44H59IO3Si2. The van der Waals surface area contributed by atoms with Gasteiger partial charge in [-0.1, -0.05) is 205 Å². The summed E-state index contributed by atoms with van der Waals surface area (Å²) in [4.78, 5) is 0. The van der Waals surface area contributed by atoms with Gasteiger partial charge in [0, 0.05) is 4.43 Å². The Morgan fingerprint density at radius 2 is 1.02 bits per heavy atom. The highest BCUT2D eigenvalue weighted by atomic mass is 127. The molecule has 50 heavy (non-hydrogen) atoms. The molecule has 0 amide bonds. The third kappa shape index (κ3) is 8.92. The summed E-state index contributed by atoms with van der Waals surface area (Å²) < 4.78 is 22.3. The number of unbranched alkanes of at least 4 members (excludes halogenated alkanes) is 2. The Morgan fingerprint density at radius 3 is 1.44 bits per heavy atom. The van der Waals surface area contributed by atoms with E-state index in [0.717, 1.165) is 30.1 Å². The second-order valence-corrected chi connectivity index (χ2v) is 25.6. The highest BCUT2D eigenvalue weighted by molar-refractivity contribution is 14.1. The molecule has 0 aliphatic carbocycles. The lowest BCUT2D eigenvalue weighted by molar-refractivity contribution is 0.0113. The Balaban J connectivity index is 1.16. The summed E-state index contributed by atoms with van der Waals surface area (Å²) in [6.07, 6.45) is 8.72. The first-order chi connectivity index (χ1) is 24.0. The molecule has 1 aliphatic rings. The van der Waals surface area contributed by atoms with Crippen molar-refractivity contribution in [3.63, 3.8) is 0 Å². The van der Waals surface area contributed by atoms with Crippen molar-refractivity contribution in [1.82, 2.24) is 0 Å². The third-order valence-corrected chi connectivity index (χ3v) is 21.7. The van der Waals surface area contributed by atoms with E-state index in [1.165, 1.54) is 40.0 Å². The molecule has 4 aromatic rings. The van der Waals surface area contributed by atoms with Crippen molar-refractivity contribution >= 4 is 60.0 Å². The lowest BCUT2D eigenvalue weighted by Crippen LogP contribution is -2.67. The molecule has 3 nitrogen and oxygen atoms in total. The van der Waals surface area contributed by atoms with Gasteiger partial charge in [0.2, 0.25) is 0 Å². The number of alkyl halides is 1. The Hall–Kier alpha value is -2.08. The number of ether oxygens (including phenoxy) is 1. The van der Waals surface area contributed by atoms with Crippen molar-refractivity contribution in [1.29, 1.82) is 0 Å². The van der Waals surface area contributed by atoms with E-state index in [4.69, 9.17) is 13.6 Å². The zero-order valence-electron chi connectivity index (χ0n) is 31.2. The van der Waals surface area contributed by atoms with Gasteiger partial charge < -0.3 is 13.6 Å². The van der Waals surface area contributed by atoms with Crippen molar-refractivity contribution in [2.45, 2.75) is 115 Å². The Morgan fingerprint density at radius 1 is 0.600 bits per heavy atom. The van der Waals surface area contributed by atoms with Crippen LogP contribution in [0, 0.1) is 0 Å². The lowest BCUT2D eigenvalue weighted by atomic mass is 10.1. The SMILES string of the molecule is CC(C)(C)[Si](OC[C@@H]1CC[C@@H](CCCCC[C@H](CI)O[Si](c2ccccc2)(c2ccccc2)C(C)(C)C)O1)(c1ccccc1)c1ccccc1. The highest BCUT2D eigenvalue weighted by Crippen LogP contribution is 2.39. The van der Waals surface area contributed by atoms with Gasteiger partial charge in [0.05, 0.1) is 24.9 Å². The van der Waals surface area contributed by atoms with Crippen LogP contribution in [0.3, 0.4) is 0 Å². The standard InChI is InChI=1S/C44H59IO3Si2/c1-43(2,3)49(39-24-14-8-15-25-39,40-26-16-9-17-27-40)46-35-38-33-32-36(47-38)22-12-7-13-23-37(34-45)48-50(44(4,5)6,41-28-18-10-19-29-41)42-30-20-11-21-31-42/h8-11,14-21,24-31,36-38H,7,12-13,22-23,32-35H2,1-6H3/t36-,37-,38+/m1/s1. The average molecular weight is 819 g/mol. The van der Waals surface area contributed by atoms with Crippen LogP contribution in [0.25, 0.3) is 0 Å². The van der Waals surface area contributed by atoms with Gasteiger partial charge in [0.15, 0.2) is 0 Å². The van der Waals surface area contributed by atoms with Crippen molar-refractivity contribution in [3.05, 3.63) is 121 Å². The quantitative estimate of drug-likeness (QED) is 0.0489. The topological polar surface area (TPSA) is 27.7 Å². The van der Waals surface area contributed by atoms with E-state index in [1.807, 2.05) is 0 Å². The summed E-state index contributed by atoms with van der Waals surface area (Å²) in [5.41, 5.74) is 0. The molecule has 0 spiro atoms. The zero-order chi connectivity index (χ0) is 35.7. The minimum atomic E-state index is -2.55. The maximum Gasteiger partial charge on any atom is 0.261 e. The largest absolute Gasteiger partial charge is 0.405 e. The predicted molar refractivity (Wildman–Crippen MR) is 226 cm³/mol. The number of rotatable bonds is 16. The molecular weight excluding hydrogens is 760 g/mol. The van der Waals surface area contributed by atoms with Gasteiger partial charge in [0.1, 0.15) is 0 Å². The van der Waals surface area contributed by atoms with Gasteiger partial charge in [-0.2, -0.15) is 0 Å². The van der Waals surface area contributed by atoms with Gasteiger partial charge in [-0.25, -0.2) is 0 Å². The Bertz CT molecular complexity index is 1480. The molecule has 0 bridgehead atoms. The van der Waals surface area contributed by atoms with Crippen LogP contribution in [0.1, 0.15) is 86.5 Å². The van der Waals surface area contributed by atoms with Crippen molar-refractivity contribution in [2.75, 3.05) is 11.0 Å². The predicted octanol–water partition coefficient (Wildman–Crippen LogP) is 9.44. The van der Waals surface area contributed by atoms with Crippen LogP contribution in [-0.2, 0) is 13.6 Å². The first-order valence-corrected chi connectivity index (χ1v) is 24.1. The fraction of sp³-hybridized carbons (Fsp3) is 0.455. The molecule has 1 heterocycles. The molecule has 4 aromatic carbocycles. The molecule has 1 saturated heterocycles. The summed E-state index contributed by atoms with van der Waals surface area (Å²) in [6.45, 7) is 14.8. The van der Waals surface area contributed by atoms with Crippen molar-refractivity contribution in [2.24, 2.45) is 0 Å². The summed E-state index contributed by atoms with van der Waals surface area (Å²) in [5, 5.41) is 5.36. The van der Waals surface area contributed by atoms with E-state index in [2.05, 4.69) is 185 Å². The van der Waals surface area contributed by atoms with Gasteiger partial charge >= 0.3 is 0 Å². The lowest BCUT2D eigenvalue weighted by Gasteiger charge is -2.45. The second-order valence-electron chi connectivity index (χ2n) is 16.1. The minimum Gasteiger partial charge on any atom is -0.405 e. The van der Waals surface area contributed by atoms with Crippen LogP contribution < -0.4 is 20.7 Å². The molecule has 5 rings (SSSR count). The molecule has 0 N–H and O–H groups in total. The maximum absolute atomic E-state index is 7.46. The summed E-state index contributed by atoms with van der Waals surface area (Å²) >= 11 is 2.54. The van der Waals surface area contributed by atoms with Gasteiger partial charge in [0.25, 0.3) is 16.6 Å². The number of hydrogen-bond donors (Lipinski definition) is 0. The normalized spacial score (nSPS) is 17.9. The zero-order valence-corrected chi connectivity index (χ0v) is 35.4. The molecule has 0 unspecified atom stereocenters. The molecule has 1 aliphatic heterocycles. The van der Waals surface area contributed by atoms with Crippen LogP contribution >= 0.6 is 22.6 Å². The van der Waals surface area contributed by atoms with E-state index in [9.17, 15) is 0 Å². The van der Waals surface area contributed by atoms with E-state index in [-0.39, 0.29) is 22.3 Å². The molecule has 1 fully saturated rings. The Kier molecular flexibility index (Phi) is 13.8. The maximum atomic E-state index is 7.46. The van der Waals surface area contributed by atoms with Crippen molar-refractivity contribution < 1.29 is 13.6 Å². The first kappa shape index (κ1) is 39.1. The number of halogens is 1. The monoisotopic (exact) mass is 818 g/mol. The van der Waals surface area contributed by atoms with E-state index in [1.54, 1.807) is 0 Å². The molecule has 6 heteroatoms. The Labute approximate surface area is 319 Å². The molecule has 0 radical (unpaired) electrons.